The zero-order valence-electron chi connectivity index (χ0n) is 13.6. The van der Waals surface area contributed by atoms with Gasteiger partial charge in [-0.15, -0.1) is 0 Å². The van der Waals surface area contributed by atoms with E-state index < -0.39 is 12.0 Å². The van der Waals surface area contributed by atoms with Crippen molar-refractivity contribution in [3.05, 3.63) is 35.4 Å². The van der Waals surface area contributed by atoms with E-state index >= 15 is 0 Å². The van der Waals surface area contributed by atoms with Gasteiger partial charge in [0.05, 0.1) is 6.61 Å². The molecular weight excluding hydrogens is 294 g/mol. The Balaban J connectivity index is 1.77. The minimum atomic E-state index is -0.979. The number of carbonyl (C=O) groups is 2. The van der Waals surface area contributed by atoms with Gasteiger partial charge in [0.15, 0.2) is 0 Å². The van der Waals surface area contributed by atoms with Crippen LogP contribution in [0.1, 0.15) is 36.8 Å². The molecule has 1 heterocycles. The quantitative estimate of drug-likeness (QED) is 0.808. The molecule has 2 N–H and O–H groups in total. The van der Waals surface area contributed by atoms with E-state index in [1.54, 1.807) is 0 Å². The number of aliphatic carboxylic acids is 1. The minimum Gasteiger partial charge on any atom is -0.480 e. The van der Waals surface area contributed by atoms with E-state index in [1.165, 1.54) is 11.1 Å². The highest BCUT2D eigenvalue weighted by Crippen LogP contribution is 2.18. The van der Waals surface area contributed by atoms with Crippen molar-refractivity contribution in [1.29, 1.82) is 0 Å². The van der Waals surface area contributed by atoms with Crippen molar-refractivity contribution in [1.82, 2.24) is 5.32 Å². The largest absolute Gasteiger partial charge is 0.480 e. The first-order valence-electron chi connectivity index (χ1n) is 8.21. The fourth-order valence-corrected chi connectivity index (χ4v) is 2.86. The SMILES string of the molecule is Cc1ccc(CCCC(=O)NC(C(=O)O)C2CCCOC2)cc1. The second-order valence-corrected chi connectivity index (χ2v) is 6.20. The van der Waals surface area contributed by atoms with Gasteiger partial charge < -0.3 is 15.2 Å². The first kappa shape index (κ1) is 17.5. The van der Waals surface area contributed by atoms with Crippen molar-refractivity contribution in [2.24, 2.45) is 5.92 Å². The summed E-state index contributed by atoms with van der Waals surface area (Å²) in [6, 6.07) is 7.39. The molecule has 1 aliphatic heterocycles. The summed E-state index contributed by atoms with van der Waals surface area (Å²) < 4.78 is 5.33. The number of carboxylic acid groups (broad SMARTS) is 1. The predicted octanol–water partition coefficient (Wildman–Crippen LogP) is 2.31. The Morgan fingerprint density at radius 2 is 2.09 bits per heavy atom. The van der Waals surface area contributed by atoms with E-state index in [1.807, 2.05) is 6.92 Å². The molecule has 1 fully saturated rings. The Labute approximate surface area is 137 Å². The summed E-state index contributed by atoms with van der Waals surface area (Å²) >= 11 is 0. The van der Waals surface area contributed by atoms with Crippen LogP contribution in [-0.2, 0) is 20.7 Å². The lowest BCUT2D eigenvalue weighted by Gasteiger charge is -2.28. The van der Waals surface area contributed by atoms with E-state index in [2.05, 4.69) is 29.6 Å². The molecule has 2 atom stereocenters. The van der Waals surface area contributed by atoms with Crippen molar-refractivity contribution < 1.29 is 19.4 Å². The van der Waals surface area contributed by atoms with Gasteiger partial charge in [-0.05, 0) is 38.2 Å². The molecule has 0 aliphatic carbocycles. The zero-order chi connectivity index (χ0) is 16.7. The van der Waals surface area contributed by atoms with Crippen molar-refractivity contribution >= 4 is 11.9 Å². The van der Waals surface area contributed by atoms with Gasteiger partial charge in [0.2, 0.25) is 5.91 Å². The standard InChI is InChI=1S/C18H25NO4/c1-13-7-9-14(10-8-13)4-2-6-16(20)19-17(18(21)22)15-5-3-11-23-12-15/h7-10,15,17H,2-6,11-12H2,1H3,(H,19,20)(H,21,22). The fourth-order valence-electron chi connectivity index (χ4n) is 2.86. The van der Waals surface area contributed by atoms with Crippen LogP contribution < -0.4 is 5.32 Å². The average Bonchev–Trinajstić information content (AvgIpc) is 2.55. The number of hydrogen-bond acceptors (Lipinski definition) is 3. The summed E-state index contributed by atoms with van der Waals surface area (Å²) in [6.45, 7) is 3.12. The number of benzene rings is 1. The Morgan fingerprint density at radius 1 is 1.35 bits per heavy atom. The second-order valence-electron chi connectivity index (χ2n) is 6.20. The molecule has 1 amide bonds. The Morgan fingerprint density at radius 3 is 2.70 bits per heavy atom. The van der Waals surface area contributed by atoms with Gasteiger partial charge in [0, 0.05) is 18.9 Å². The summed E-state index contributed by atoms with van der Waals surface area (Å²) in [5, 5.41) is 12.0. The van der Waals surface area contributed by atoms with Crippen molar-refractivity contribution in [3.8, 4) is 0 Å². The zero-order valence-corrected chi connectivity index (χ0v) is 13.6. The van der Waals surface area contributed by atoms with Crippen LogP contribution in [0.2, 0.25) is 0 Å². The van der Waals surface area contributed by atoms with Crippen LogP contribution >= 0.6 is 0 Å². The molecule has 126 valence electrons. The molecule has 1 aromatic carbocycles. The van der Waals surface area contributed by atoms with Gasteiger partial charge in [-0.25, -0.2) is 4.79 Å². The maximum atomic E-state index is 12.0. The van der Waals surface area contributed by atoms with Gasteiger partial charge in [-0.1, -0.05) is 29.8 Å². The van der Waals surface area contributed by atoms with Gasteiger partial charge >= 0.3 is 5.97 Å². The molecule has 0 radical (unpaired) electrons. The number of nitrogens with one attached hydrogen (secondary N) is 1. The van der Waals surface area contributed by atoms with Crippen molar-refractivity contribution in [3.63, 3.8) is 0 Å². The van der Waals surface area contributed by atoms with Gasteiger partial charge in [-0.3, -0.25) is 4.79 Å². The number of carboxylic acids is 1. The molecule has 1 aromatic rings. The lowest BCUT2D eigenvalue weighted by molar-refractivity contribution is -0.145. The summed E-state index contributed by atoms with van der Waals surface area (Å²) in [6.07, 6.45) is 3.49. The molecule has 5 nitrogen and oxygen atoms in total. The first-order chi connectivity index (χ1) is 11.1. The molecule has 2 unspecified atom stereocenters. The third-order valence-electron chi connectivity index (χ3n) is 4.24. The van der Waals surface area contributed by atoms with Crippen LogP contribution in [-0.4, -0.2) is 36.2 Å². The minimum absolute atomic E-state index is 0.137. The highest BCUT2D eigenvalue weighted by molar-refractivity contribution is 5.83. The average molecular weight is 319 g/mol. The van der Waals surface area contributed by atoms with Crippen molar-refractivity contribution in [2.75, 3.05) is 13.2 Å². The van der Waals surface area contributed by atoms with Crippen LogP contribution in [0.15, 0.2) is 24.3 Å². The maximum absolute atomic E-state index is 12.0. The molecule has 23 heavy (non-hydrogen) atoms. The molecule has 2 rings (SSSR count). The summed E-state index contributed by atoms with van der Waals surface area (Å²) in [5.74, 6) is -1.32. The van der Waals surface area contributed by atoms with E-state index in [0.717, 1.165) is 19.3 Å². The molecule has 5 heteroatoms. The monoisotopic (exact) mass is 319 g/mol. The number of carbonyl (C=O) groups excluding carboxylic acids is 1. The van der Waals surface area contributed by atoms with Crippen LogP contribution in [0.4, 0.5) is 0 Å². The molecule has 0 saturated carbocycles. The third-order valence-corrected chi connectivity index (χ3v) is 4.24. The lowest BCUT2D eigenvalue weighted by atomic mass is 9.93. The molecule has 0 spiro atoms. The highest BCUT2D eigenvalue weighted by atomic mass is 16.5. The molecule has 1 aliphatic rings. The summed E-state index contributed by atoms with van der Waals surface area (Å²) in [4.78, 5) is 23.4. The Hall–Kier alpha value is -1.88. The first-order valence-corrected chi connectivity index (χ1v) is 8.21. The van der Waals surface area contributed by atoms with Crippen LogP contribution in [0.3, 0.4) is 0 Å². The number of hydrogen-bond donors (Lipinski definition) is 2. The smallest absolute Gasteiger partial charge is 0.326 e. The second kappa shape index (κ2) is 8.67. The highest BCUT2D eigenvalue weighted by Gasteiger charge is 2.31. The molecule has 0 aromatic heterocycles. The van der Waals surface area contributed by atoms with Crippen LogP contribution in [0, 0.1) is 12.8 Å². The molecule has 0 bridgehead atoms. The number of ether oxygens (including phenoxy) is 1. The van der Waals surface area contributed by atoms with Gasteiger partial charge in [0.25, 0.3) is 0 Å². The van der Waals surface area contributed by atoms with Gasteiger partial charge in [0.1, 0.15) is 6.04 Å². The Bertz CT molecular complexity index is 520. The fraction of sp³-hybridized carbons (Fsp3) is 0.556. The number of rotatable bonds is 7. The summed E-state index contributed by atoms with van der Waals surface area (Å²) in [7, 11) is 0. The number of amides is 1. The van der Waals surface area contributed by atoms with Crippen LogP contribution in [0.5, 0.6) is 0 Å². The third kappa shape index (κ3) is 5.67. The normalized spacial score (nSPS) is 19.1. The molecular formula is C18H25NO4. The lowest BCUT2D eigenvalue weighted by Crippen LogP contribution is -2.48. The van der Waals surface area contributed by atoms with E-state index in [9.17, 15) is 14.7 Å². The summed E-state index contributed by atoms with van der Waals surface area (Å²) in [5.41, 5.74) is 2.41. The maximum Gasteiger partial charge on any atom is 0.326 e. The van der Waals surface area contributed by atoms with Crippen LogP contribution in [0.25, 0.3) is 0 Å². The van der Waals surface area contributed by atoms with E-state index in [0.29, 0.717) is 26.1 Å². The topological polar surface area (TPSA) is 75.6 Å². The van der Waals surface area contributed by atoms with Crippen molar-refractivity contribution in [2.45, 2.75) is 45.1 Å². The Kier molecular flexibility index (Phi) is 6.59. The van der Waals surface area contributed by atoms with Gasteiger partial charge in [-0.2, -0.15) is 0 Å². The number of aryl methyl sites for hydroxylation is 2. The molecule has 1 saturated heterocycles. The van der Waals surface area contributed by atoms with E-state index in [-0.39, 0.29) is 11.8 Å². The predicted molar refractivity (Wildman–Crippen MR) is 87.2 cm³/mol. The van der Waals surface area contributed by atoms with E-state index in [4.69, 9.17) is 4.74 Å².